The second kappa shape index (κ2) is 10.4. The number of para-hydroxylation sites is 2. The maximum Gasteiger partial charge on any atom is 0.115 e. The van der Waals surface area contributed by atoms with Gasteiger partial charge in [0.2, 0.25) is 0 Å². The van der Waals surface area contributed by atoms with Crippen LogP contribution in [0.2, 0.25) is 0 Å². The molecule has 44 heavy (non-hydrogen) atoms. The minimum atomic E-state index is 0.237. The smallest absolute Gasteiger partial charge is 0.115 e. The molecule has 210 valence electrons. The summed E-state index contributed by atoms with van der Waals surface area (Å²) >= 11 is 0. The highest BCUT2D eigenvalue weighted by atomic mass is 16.3. The van der Waals surface area contributed by atoms with Gasteiger partial charge in [0.15, 0.2) is 0 Å². The van der Waals surface area contributed by atoms with Crippen LogP contribution in [-0.4, -0.2) is 10.2 Å². The molecule has 0 fully saturated rings. The molecule has 2 N–H and O–H groups in total. The van der Waals surface area contributed by atoms with Crippen molar-refractivity contribution in [1.29, 1.82) is 0 Å². The van der Waals surface area contributed by atoms with E-state index in [-0.39, 0.29) is 11.5 Å². The second-order valence-electron chi connectivity index (χ2n) is 11.0. The van der Waals surface area contributed by atoms with Crippen LogP contribution in [0.4, 0.5) is 34.1 Å². The zero-order valence-corrected chi connectivity index (χ0v) is 23.8. The number of phenols is 2. The number of anilines is 6. The third kappa shape index (κ3) is 4.24. The summed E-state index contributed by atoms with van der Waals surface area (Å²) in [6.07, 6.45) is 0. The highest BCUT2D eigenvalue weighted by molar-refractivity contribution is 6.28. The lowest BCUT2D eigenvalue weighted by Crippen LogP contribution is -2.11. The molecule has 0 aliphatic heterocycles. The topological polar surface area (TPSA) is 46.9 Å². The van der Waals surface area contributed by atoms with E-state index >= 15 is 0 Å². The van der Waals surface area contributed by atoms with Gasteiger partial charge in [-0.3, -0.25) is 0 Å². The summed E-state index contributed by atoms with van der Waals surface area (Å²) in [5.41, 5.74) is 6.13. The lowest BCUT2D eigenvalue weighted by Gasteiger charge is -2.29. The monoisotopic (exact) mass is 568 g/mol. The van der Waals surface area contributed by atoms with Gasteiger partial charge >= 0.3 is 0 Å². The molecule has 4 nitrogen and oxygen atoms in total. The molecule has 0 radical (unpaired) electrons. The van der Waals surface area contributed by atoms with Crippen molar-refractivity contribution in [2.24, 2.45) is 0 Å². The average molecular weight is 569 g/mol. The van der Waals surface area contributed by atoms with Crippen molar-refractivity contribution in [1.82, 2.24) is 0 Å². The molecule has 0 bridgehead atoms. The van der Waals surface area contributed by atoms with Crippen molar-refractivity contribution in [2.45, 2.75) is 0 Å². The van der Waals surface area contributed by atoms with E-state index in [9.17, 15) is 10.2 Å². The summed E-state index contributed by atoms with van der Waals surface area (Å²) in [6, 6.07) is 53.1. The summed E-state index contributed by atoms with van der Waals surface area (Å²) in [5.74, 6) is 0.475. The summed E-state index contributed by atoms with van der Waals surface area (Å²) in [7, 11) is 0. The Labute approximate surface area is 255 Å². The van der Waals surface area contributed by atoms with Crippen LogP contribution >= 0.6 is 0 Å². The number of aromatic hydroxyl groups is 2. The number of nitrogens with zero attached hydrogens (tertiary/aromatic N) is 2. The number of hydrogen-bond acceptors (Lipinski definition) is 4. The van der Waals surface area contributed by atoms with E-state index in [1.165, 1.54) is 21.5 Å². The van der Waals surface area contributed by atoms with Crippen molar-refractivity contribution in [3.8, 4) is 11.5 Å². The number of benzene rings is 8. The van der Waals surface area contributed by atoms with Gasteiger partial charge in [0.25, 0.3) is 0 Å². The first-order valence-electron chi connectivity index (χ1n) is 14.6. The Morgan fingerprint density at radius 2 is 0.659 bits per heavy atom. The van der Waals surface area contributed by atoms with Crippen LogP contribution in [0.25, 0.3) is 32.3 Å². The van der Waals surface area contributed by atoms with E-state index in [1.54, 1.807) is 24.3 Å². The quantitative estimate of drug-likeness (QED) is 0.196. The summed E-state index contributed by atoms with van der Waals surface area (Å²) in [6.45, 7) is 0. The van der Waals surface area contributed by atoms with Crippen molar-refractivity contribution < 1.29 is 10.2 Å². The highest BCUT2D eigenvalue weighted by Gasteiger charge is 2.21. The normalized spacial score (nSPS) is 11.4. The fourth-order valence-corrected chi connectivity index (χ4v) is 6.37. The molecule has 8 aromatic carbocycles. The Kier molecular flexibility index (Phi) is 6.05. The molecule has 0 aromatic heterocycles. The predicted molar refractivity (Wildman–Crippen MR) is 183 cm³/mol. The van der Waals surface area contributed by atoms with Crippen LogP contribution < -0.4 is 9.80 Å². The molecule has 0 spiro atoms. The first-order valence-corrected chi connectivity index (χ1v) is 14.6. The predicted octanol–water partition coefficient (Wildman–Crippen LogP) is 10.9. The molecule has 0 amide bonds. The Bertz CT molecular complexity index is 2070. The van der Waals surface area contributed by atoms with Crippen molar-refractivity contribution in [2.75, 3.05) is 9.80 Å². The third-order valence-electron chi connectivity index (χ3n) is 8.34. The Morgan fingerprint density at radius 3 is 1.05 bits per heavy atom. The van der Waals surface area contributed by atoms with Gasteiger partial charge < -0.3 is 20.0 Å². The van der Waals surface area contributed by atoms with Gasteiger partial charge in [0, 0.05) is 33.5 Å². The van der Waals surface area contributed by atoms with Gasteiger partial charge in [0.1, 0.15) is 11.5 Å². The number of phenolic OH excluding ortho intramolecular Hbond substituents is 2. The Morgan fingerprint density at radius 1 is 0.318 bits per heavy atom. The second-order valence-corrected chi connectivity index (χ2v) is 11.0. The summed E-state index contributed by atoms with van der Waals surface area (Å²) < 4.78 is 0. The molecule has 8 aromatic rings. The standard InChI is InChI=1S/C40H28N2O2/c43-33-19-15-31(16-20-33)41(29-7-3-1-4-8-29)37-25-13-27-12-24-36-38(26-14-28-11-23-35(37)39(27)40(28)36)42(30-9-5-2-6-10-30)32-17-21-34(44)22-18-32/h1-26,43-44H. The van der Waals surface area contributed by atoms with Gasteiger partial charge in [-0.1, -0.05) is 72.8 Å². The first kappa shape index (κ1) is 25.7. The van der Waals surface area contributed by atoms with Crippen LogP contribution in [0.1, 0.15) is 0 Å². The van der Waals surface area contributed by atoms with Gasteiger partial charge in [0.05, 0.1) is 11.4 Å². The van der Waals surface area contributed by atoms with Crippen LogP contribution in [0.5, 0.6) is 11.5 Å². The fraction of sp³-hybridized carbons (Fsp3) is 0. The zero-order valence-electron chi connectivity index (χ0n) is 23.8. The van der Waals surface area contributed by atoms with Crippen molar-refractivity contribution in [3.05, 3.63) is 158 Å². The minimum absolute atomic E-state index is 0.237. The van der Waals surface area contributed by atoms with Crippen molar-refractivity contribution >= 4 is 66.4 Å². The first-order chi connectivity index (χ1) is 21.7. The molecule has 0 saturated carbocycles. The molecule has 0 aliphatic carbocycles. The van der Waals surface area contributed by atoms with E-state index in [1.807, 2.05) is 60.7 Å². The summed E-state index contributed by atoms with van der Waals surface area (Å²) in [5, 5.41) is 27.2. The Balaban J connectivity index is 1.41. The van der Waals surface area contributed by atoms with Gasteiger partial charge in [-0.15, -0.1) is 0 Å². The van der Waals surface area contributed by atoms with Gasteiger partial charge in [-0.05, 0) is 106 Å². The molecular weight excluding hydrogens is 540 g/mol. The van der Waals surface area contributed by atoms with Crippen LogP contribution in [-0.2, 0) is 0 Å². The molecule has 8 rings (SSSR count). The van der Waals surface area contributed by atoms with E-state index in [0.29, 0.717) is 0 Å². The molecule has 0 atom stereocenters. The van der Waals surface area contributed by atoms with Gasteiger partial charge in [-0.25, -0.2) is 0 Å². The van der Waals surface area contributed by atoms with E-state index in [0.717, 1.165) is 44.9 Å². The summed E-state index contributed by atoms with van der Waals surface area (Å²) in [4.78, 5) is 4.50. The average Bonchev–Trinajstić information content (AvgIpc) is 3.07. The molecule has 0 aliphatic rings. The number of rotatable bonds is 6. The van der Waals surface area contributed by atoms with Crippen LogP contribution in [0, 0.1) is 0 Å². The van der Waals surface area contributed by atoms with Crippen LogP contribution in [0.15, 0.2) is 158 Å². The van der Waals surface area contributed by atoms with Crippen molar-refractivity contribution in [3.63, 3.8) is 0 Å². The molecular formula is C40H28N2O2. The lowest BCUT2D eigenvalue weighted by atomic mass is 9.91. The minimum Gasteiger partial charge on any atom is -0.508 e. The molecule has 0 heterocycles. The van der Waals surface area contributed by atoms with E-state index in [2.05, 4.69) is 82.6 Å². The fourth-order valence-electron chi connectivity index (χ4n) is 6.37. The molecule has 0 unspecified atom stereocenters. The maximum atomic E-state index is 10.1. The lowest BCUT2D eigenvalue weighted by molar-refractivity contribution is 0.475. The molecule has 4 heteroatoms. The van der Waals surface area contributed by atoms with E-state index < -0.39 is 0 Å². The van der Waals surface area contributed by atoms with Gasteiger partial charge in [-0.2, -0.15) is 0 Å². The third-order valence-corrected chi connectivity index (χ3v) is 8.34. The SMILES string of the molecule is Oc1ccc(N(c2ccccc2)c2ccc3ccc4c(N(c5ccccc5)c5ccc(O)cc5)ccc5ccc2c3c54)cc1. The zero-order chi connectivity index (χ0) is 29.6. The highest BCUT2D eigenvalue weighted by Crippen LogP contribution is 2.47. The van der Waals surface area contributed by atoms with Crippen LogP contribution in [0.3, 0.4) is 0 Å². The Hall–Kier alpha value is -6.00. The maximum absolute atomic E-state index is 10.1. The largest absolute Gasteiger partial charge is 0.508 e. The molecule has 0 saturated heterocycles. The number of hydrogen-bond donors (Lipinski definition) is 2. The van der Waals surface area contributed by atoms with E-state index in [4.69, 9.17) is 0 Å².